The van der Waals surface area contributed by atoms with E-state index < -0.39 is 11.1 Å². The molecule has 1 unspecified atom stereocenters. The summed E-state index contributed by atoms with van der Waals surface area (Å²) in [6.07, 6.45) is 1.19. The standard InChI is InChI=1S/C6H5Br.CH4O2S/c7-6-4-2-1-3-5-6;1-4(2)3/h1-5H;1H3,(H,2,3). The first-order valence-corrected chi connectivity index (χ1v) is 5.17. The smallest absolute Gasteiger partial charge is 0.149 e. The highest BCUT2D eigenvalue weighted by Gasteiger charge is 1.74. The molecule has 11 heavy (non-hydrogen) atoms. The SMILES string of the molecule is Brc1ccccc1.CS(=O)O. The van der Waals surface area contributed by atoms with E-state index in [1.807, 2.05) is 30.3 Å². The quantitative estimate of drug-likeness (QED) is 0.703. The van der Waals surface area contributed by atoms with Crippen LogP contribution < -0.4 is 0 Å². The predicted molar refractivity (Wildman–Crippen MR) is 50.8 cm³/mol. The minimum Gasteiger partial charge on any atom is -0.306 e. The van der Waals surface area contributed by atoms with Crippen LogP contribution in [0.2, 0.25) is 0 Å². The first kappa shape index (κ1) is 10.8. The van der Waals surface area contributed by atoms with Gasteiger partial charge in [0.1, 0.15) is 11.1 Å². The van der Waals surface area contributed by atoms with Crippen molar-refractivity contribution in [3.05, 3.63) is 34.8 Å². The topological polar surface area (TPSA) is 37.3 Å². The summed E-state index contributed by atoms with van der Waals surface area (Å²) in [6.45, 7) is 0. The fourth-order valence-electron chi connectivity index (χ4n) is 0.415. The van der Waals surface area contributed by atoms with E-state index in [0.29, 0.717) is 0 Å². The van der Waals surface area contributed by atoms with Crippen LogP contribution in [0.25, 0.3) is 0 Å². The fraction of sp³-hybridized carbons (Fsp3) is 0.143. The van der Waals surface area contributed by atoms with Gasteiger partial charge in [0.05, 0.1) is 0 Å². The minimum atomic E-state index is -1.61. The molecule has 0 spiro atoms. The largest absolute Gasteiger partial charge is 0.306 e. The minimum absolute atomic E-state index is 1.13. The van der Waals surface area contributed by atoms with E-state index in [4.69, 9.17) is 8.76 Å². The number of benzene rings is 1. The maximum atomic E-state index is 9.11. The maximum absolute atomic E-state index is 9.11. The molecule has 62 valence electrons. The van der Waals surface area contributed by atoms with Gasteiger partial charge in [-0.25, -0.2) is 4.21 Å². The molecular formula is C7H9BrO2S. The Balaban J connectivity index is 0.000000218. The van der Waals surface area contributed by atoms with E-state index in [0.717, 1.165) is 4.47 Å². The molecule has 0 fully saturated rings. The van der Waals surface area contributed by atoms with Crippen molar-refractivity contribution in [3.8, 4) is 0 Å². The fourth-order valence-corrected chi connectivity index (χ4v) is 0.720. The number of rotatable bonds is 0. The molecule has 0 aliphatic heterocycles. The Morgan fingerprint density at radius 1 is 1.36 bits per heavy atom. The zero-order valence-corrected chi connectivity index (χ0v) is 8.43. The first-order valence-electron chi connectivity index (χ1n) is 2.86. The summed E-state index contributed by atoms with van der Waals surface area (Å²) < 4.78 is 17.8. The summed E-state index contributed by atoms with van der Waals surface area (Å²) in [5, 5.41) is 0. The summed E-state index contributed by atoms with van der Waals surface area (Å²) in [7, 11) is 0. The van der Waals surface area contributed by atoms with Crippen molar-refractivity contribution in [2.45, 2.75) is 0 Å². The van der Waals surface area contributed by atoms with Crippen LogP contribution >= 0.6 is 15.9 Å². The molecule has 0 aromatic heterocycles. The van der Waals surface area contributed by atoms with Crippen LogP contribution in [0.5, 0.6) is 0 Å². The van der Waals surface area contributed by atoms with Crippen molar-refractivity contribution < 1.29 is 8.76 Å². The summed E-state index contributed by atoms with van der Waals surface area (Å²) in [6, 6.07) is 9.97. The average Bonchev–Trinajstić information content (AvgIpc) is 1.87. The molecular weight excluding hydrogens is 228 g/mol. The molecule has 0 aliphatic carbocycles. The van der Waals surface area contributed by atoms with Crippen LogP contribution in [0.1, 0.15) is 0 Å². The van der Waals surface area contributed by atoms with Gasteiger partial charge in [0.2, 0.25) is 0 Å². The third kappa shape index (κ3) is 9.81. The van der Waals surface area contributed by atoms with Gasteiger partial charge in [0.15, 0.2) is 0 Å². The van der Waals surface area contributed by atoms with E-state index in [9.17, 15) is 0 Å². The van der Waals surface area contributed by atoms with E-state index in [1.165, 1.54) is 6.26 Å². The molecule has 1 rings (SSSR count). The van der Waals surface area contributed by atoms with Gasteiger partial charge in [-0.05, 0) is 12.1 Å². The zero-order chi connectivity index (χ0) is 8.69. The molecule has 0 aliphatic rings. The van der Waals surface area contributed by atoms with Gasteiger partial charge in [-0.2, -0.15) is 0 Å². The molecule has 0 heterocycles. The Kier molecular flexibility index (Phi) is 6.40. The van der Waals surface area contributed by atoms with Crippen LogP contribution in [-0.4, -0.2) is 15.0 Å². The maximum Gasteiger partial charge on any atom is 0.149 e. The van der Waals surface area contributed by atoms with E-state index in [1.54, 1.807) is 0 Å². The highest BCUT2D eigenvalue weighted by atomic mass is 79.9. The molecule has 2 nitrogen and oxygen atoms in total. The van der Waals surface area contributed by atoms with Crippen LogP contribution in [0.3, 0.4) is 0 Å². The average molecular weight is 237 g/mol. The molecule has 1 atom stereocenters. The van der Waals surface area contributed by atoms with Crippen molar-refractivity contribution >= 4 is 27.0 Å². The van der Waals surface area contributed by atoms with E-state index >= 15 is 0 Å². The van der Waals surface area contributed by atoms with Crippen molar-refractivity contribution in [3.63, 3.8) is 0 Å². The molecule has 0 radical (unpaired) electrons. The van der Waals surface area contributed by atoms with E-state index in [2.05, 4.69) is 15.9 Å². The van der Waals surface area contributed by atoms with Gasteiger partial charge in [0.25, 0.3) is 0 Å². The molecule has 0 amide bonds. The van der Waals surface area contributed by atoms with Crippen molar-refractivity contribution in [2.24, 2.45) is 0 Å². The Labute approximate surface area is 77.0 Å². The van der Waals surface area contributed by atoms with Crippen LogP contribution in [0.15, 0.2) is 34.8 Å². The van der Waals surface area contributed by atoms with Crippen molar-refractivity contribution in [2.75, 3.05) is 6.26 Å². The van der Waals surface area contributed by atoms with Gasteiger partial charge in [0, 0.05) is 10.7 Å². The van der Waals surface area contributed by atoms with Crippen LogP contribution in [-0.2, 0) is 11.1 Å². The van der Waals surface area contributed by atoms with Gasteiger partial charge in [-0.1, -0.05) is 34.1 Å². The lowest BCUT2D eigenvalue weighted by atomic mass is 10.4. The number of hydrogen-bond donors (Lipinski definition) is 1. The third-order valence-corrected chi connectivity index (χ3v) is 1.26. The lowest BCUT2D eigenvalue weighted by Gasteiger charge is -1.80. The highest BCUT2D eigenvalue weighted by molar-refractivity contribution is 9.10. The van der Waals surface area contributed by atoms with Crippen LogP contribution in [0, 0.1) is 0 Å². The Morgan fingerprint density at radius 3 is 1.91 bits per heavy atom. The molecule has 0 saturated heterocycles. The molecule has 0 bridgehead atoms. The van der Waals surface area contributed by atoms with Crippen molar-refractivity contribution in [1.29, 1.82) is 0 Å². The van der Waals surface area contributed by atoms with Gasteiger partial charge >= 0.3 is 0 Å². The summed E-state index contributed by atoms with van der Waals surface area (Å²) in [4.78, 5) is 0. The number of halogens is 1. The van der Waals surface area contributed by atoms with Gasteiger partial charge in [-0.15, -0.1) is 0 Å². The third-order valence-electron chi connectivity index (χ3n) is 0.733. The Morgan fingerprint density at radius 2 is 1.73 bits per heavy atom. The Bertz CT molecular complexity index is 209. The highest BCUT2D eigenvalue weighted by Crippen LogP contribution is 2.05. The molecule has 4 heteroatoms. The second-order valence-corrected chi connectivity index (χ2v) is 3.48. The molecule has 1 N–H and O–H groups in total. The second-order valence-electron chi connectivity index (χ2n) is 1.72. The second kappa shape index (κ2) is 6.52. The molecule has 1 aromatic rings. The first-order chi connectivity index (χ1) is 5.13. The molecule has 1 aromatic carbocycles. The number of hydrogen-bond acceptors (Lipinski definition) is 1. The van der Waals surface area contributed by atoms with Crippen molar-refractivity contribution in [1.82, 2.24) is 0 Å². The summed E-state index contributed by atoms with van der Waals surface area (Å²) in [5.41, 5.74) is 0. The van der Waals surface area contributed by atoms with Gasteiger partial charge in [-0.3, -0.25) is 0 Å². The monoisotopic (exact) mass is 236 g/mol. The van der Waals surface area contributed by atoms with E-state index in [-0.39, 0.29) is 0 Å². The lowest BCUT2D eigenvalue weighted by Crippen LogP contribution is -1.72. The Hall–Kier alpha value is -0.190. The van der Waals surface area contributed by atoms with Gasteiger partial charge < -0.3 is 4.55 Å². The normalized spacial score (nSPS) is 11.2. The van der Waals surface area contributed by atoms with Crippen LogP contribution in [0.4, 0.5) is 0 Å². The predicted octanol–water partition coefficient (Wildman–Crippen LogP) is 2.29. The zero-order valence-electron chi connectivity index (χ0n) is 6.03. The summed E-state index contributed by atoms with van der Waals surface area (Å²) >= 11 is 1.70. The molecule has 0 saturated carbocycles. The lowest BCUT2D eigenvalue weighted by molar-refractivity contribution is 0.571. The summed E-state index contributed by atoms with van der Waals surface area (Å²) in [5.74, 6) is 0.